The summed E-state index contributed by atoms with van der Waals surface area (Å²) in [7, 11) is 0. The molecule has 2 N–H and O–H groups in total. The fraction of sp³-hybridized carbons (Fsp3) is 0.465. The van der Waals surface area contributed by atoms with Crippen molar-refractivity contribution in [1.82, 2.24) is 0 Å². The lowest BCUT2D eigenvalue weighted by molar-refractivity contribution is -0.165. The number of carbonyl (C=O) groups is 3. The second-order valence-electron chi connectivity index (χ2n) is 15.4. The first kappa shape index (κ1) is 35.7. The highest BCUT2D eigenvalue weighted by atomic mass is 16.6. The van der Waals surface area contributed by atoms with E-state index in [-0.39, 0.29) is 55.0 Å². The first-order valence-electron chi connectivity index (χ1n) is 18.2. The van der Waals surface area contributed by atoms with Crippen LogP contribution >= 0.6 is 0 Å². The van der Waals surface area contributed by atoms with Crippen LogP contribution in [0.2, 0.25) is 0 Å². The maximum Gasteiger partial charge on any atom is 0.317 e. The highest BCUT2D eigenvalue weighted by molar-refractivity contribution is 6.23. The van der Waals surface area contributed by atoms with Crippen molar-refractivity contribution in [3.05, 3.63) is 84.0 Å². The molecule has 4 aromatic carbocycles. The van der Waals surface area contributed by atoms with Gasteiger partial charge in [0.25, 0.3) is 0 Å². The fourth-order valence-corrected chi connectivity index (χ4v) is 8.07. The lowest BCUT2D eigenvalue weighted by Gasteiger charge is -2.44. The number of carbonyl (C=O) groups excluding carboxylic acids is 3. The van der Waals surface area contributed by atoms with Gasteiger partial charge in [-0.15, -0.1) is 0 Å². The van der Waals surface area contributed by atoms with E-state index in [1.165, 1.54) is 5.57 Å². The Morgan fingerprint density at radius 1 is 0.900 bits per heavy atom. The number of fused-ring (bicyclic) bond motifs is 1. The molecule has 0 saturated carbocycles. The van der Waals surface area contributed by atoms with E-state index in [9.17, 15) is 24.6 Å². The zero-order valence-corrected chi connectivity index (χ0v) is 29.9. The Morgan fingerprint density at radius 3 is 2.30 bits per heavy atom. The van der Waals surface area contributed by atoms with Gasteiger partial charge in [-0.2, -0.15) is 0 Å². The molecule has 4 aromatic rings. The molecule has 0 bridgehead atoms. The topological polar surface area (TPSA) is 110 Å². The number of benzene rings is 4. The van der Waals surface area contributed by atoms with Gasteiger partial charge in [0.05, 0.1) is 30.5 Å². The Labute approximate surface area is 294 Å². The number of rotatable bonds is 12. The van der Waals surface area contributed by atoms with Crippen molar-refractivity contribution in [2.45, 2.75) is 97.9 Å². The molecule has 7 atom stereocenters. The van der Waals surface area contributed by atoms with Crippen LogP contribution in [0, 0.1) is 29.1 Å². The number of allylic oxidation sites excluding steroid dienone is 3. The summed E-state index contributed by atoms with van der Waals surface area (Å²) in [4.78, 5) is 38.7. The van der Waals surface area contributed by atoms with E-state index in [2.05, 4.69) is 56.3 Å². The van der Waals surface area contributed by atoms with Crippen LogP contribution in [0.1, 0.15) is 78.7 Å². The van der Waals surface area contributed by atoms with E-state index >= 15 is 0 Å². The third-order valence-electron chi connectivity index (χ3n) is 11.3. The molecule has 0 saturated heterocycles. The minimum Gasteiger partial charge on any atom is -0.461 e. The smallest absolute Gasteiger partial charge is 0.317 e. The zero-order valence-electron chi connectivity index (χ0n) is 29.9. The molecular weight excluding hydrogens is 628 g/mol. The molecule has 2 aliphatic rings. The Hall–Kier alpha value is -4.07. The van der Waals surface area contributed by atoms with Crippen LogP contribution in [0.4, 0.5) is 0 Å². The Kier molecular flexibility index (Phi) is 10.5. The molecule has 7 nitrogen and oxygen atoms in total. The molecule has 0 spiro atoms. The fourth-order valence-electron chi connectivity index (χ4n) is 8.07. The van der Waals surface area contributed by atoms with E-state index in [0.717, 1.165) is 44.3 Å². The van der Waals surface area contributed by atoms with E-state index in [0.29, 0.717) is 19.3 Å². The molecule has 7 heteroatoms. The maximum atomic E-state index is 13.1. The molecule has 0 unspecified atom stereocenters. The summed E-state index contributed by atoms with van der Waals surface area (Å²) in [5, 5.41) is 28.1. The highest BCUT2D eigenvalue weighted by Gasteiger charge is 2.43. The van der Waals surface area contributed by atoms with Gasteiger partial charge in [-0.05, 0) is 107 Å². The molecule has 264 valence electrons. The van der Waals surface area contributed by atoms with Gasteiger partial charge in [-0.25, -0.2) is 0 Å². The Balaban J connectivity index is 1.03. The predicted molar refractivity (Wildman–Crippen MR) is 197 cm³/mol. The SMILES string of the molecule is CCC(C)(C)C(=O)O[C@H]1C[C@@H](C)C=C2C=C[C@H](C)[C@H](CC[C@@H](O)C[C@@H](O)CC(=O)OC(=O)Cc3ccc4ccc5cccc6ccc3c4c56)[C@H]21. The van der Waals surface area contributed by atoms with Gasteiger partial charge in [-0.1, -0.05) is 93.6 Å². The van der Waals surface area contributed by atoms with Gasteiger partial charge in [0.15, 0.2) is 0 Å². The van der Waals surface area contributed by atoms with Crippen molar-refractivity contribution in [2.24, 2.45) is 29.1 Å². The first-order valence-corrected chi connectivity index (χ1v) is 18.2. The average molecular weight is 679 g/mol. The third kappa shape index (κ3) is 7.50. The summed E-state index contributed by atoms with van der Waals surface area (Å²) < 4.78 is 11.3. The number of ether oxygens (including phenoxy) is 2. The van der Waals surface area contributed by atoms with Crippen molar-refractivity contribution in [3.63, 3.8) is 0 Å². The van der Waals surface area contributed by atoms with E-state index < -0.39 is 29.6 Å². The van der Waals surface area contributed by atoms with Crippen molar-refractivity contribution in [2.75, 3.05) is 0 Å². The van der Waals surface area contributed by atoms with Gasteiger partial charge in [0, 0.05) is 5.92 Å². The summed E-state index contributed by atoms with van der Waals surface area (Å²) in [6.45, 7) is 10.1. The monoisotopic (exact) mass is 678 g/mol. The van der Waals surface area contributed by atoms with Gasteiger partial charge in [0.2, 0.25) is 0 Å². The molecule has 6 rings (SSSR count). The van der Waals surface area contributed by atoms with Crippen molar-refractivity contribution in [3.8, 4) is 0 Å². The van der Waals surface area contributed by atoms with Crippen molar-refractivity contribution in [1.29, 1.82) is 0 Å². The van der Waals surface area contributed by atoms with Gasteiger partial charge in [-0.3, -0.25) is 14.4 Å². The summed E-state index contributed by atoms with van der Waals surface area (Å²) >= 11 is 0. The van der Waals surface area contributed by atoms with E-state index in [1.807, 2.05) is 51.1 Å². The molecule has 50 heavy (non-hydrogen) atoms. The van der Waals surface area contributed by atoms with Crippen LogP contribution in [0.3, 0.4) is 0 Å². The van der Waals surface area contributed by atoms with Gasteiger partial charge < -0.3 is 19.7 Å². The average Bonchev–Trinajstić information content (AvgIpc) is 3.07. The van der Waals surface area contributed by atoms with Crippen molar-refractivity contribution < 1.29 is 34.1 Å². The minimum atomic E-state index is -1.15. The molecule has 0 radical (unpaired) electrons. The molecule has 0 amide bonds. The summed E-state index contributed by atoms with van der Waals surface area (Å²) in [6.07, 6.45) is 6.45. The van der Waals surface area contributed by atoms with Crippen LogP contribution in [-0.2, 0) is 30.3 Å². The second-order valence-corrected chi connectivity index (χ2v) is 15.4. The van der Waals surface area contributed by atoms with Gasteiger partial charge >= 0.3 is 17.9 Å². The standard InChI is InChI=1S/C43H50O7/c1-6-43(4,5)42(48)49-36-21-25(2)20-31-11-10-26(3)34(40(31)36)19-17-32(44)23-33(45)24-38(47)50-37(46)22-30-15-14-29-13-12-27-8-7-9-28-16-18-35(30)41(29)39(27)28/h7-16,18,20,25-26,32-34,36,40,44-45H,6,17,19,21-24H2,1-5H3/t25-,26-,32+,33+,34-,36-,40-/m0/s1. The molecule has 0 aliphatic heterocycles. The normalized spacial score (nSPS) is 23.4. The summed E-state index contributed by atoms with van der Waals surface area (Å²) in [5.41, 5.74) is 1.40. The van der Waals surface area contributed by atoms with Gasteiger partial charge in [0.1, 0.15) is 6.10 Å². The van der Waals surface area contributed by atoms with E-state index in [1.54, 1.807) is 0 Å². The van der Waals surface area contributed by atoms with Crippen LogP contribution in [0.25, 0.3) is 32.3 Å². The Bertz CT molecular complexity index is 1920. The number of hydrogen-bond donors (Lipinski definition) is 2. The largest absolute Gasteiger partial charge is 0.461 e. The van der Waals surface area contributed by atoms with Crippen LogP contribution in [-0.4, -0.2) is 46.4 Å². The lowest BCUT2D eigenvalue weighted by atomic mass is 9.65. The number of hydrogen-bond acceptors (Lipinski definition) is 7. The number of aliphatic hydroxyl groups excluding tert-OH is 2. The Morgan fingerprint density at radius 2 is 1.58 bits per heavy atom. The molecule has 0 aromatic heterocycles. The summed E-state index contributed by atoms with van der Waals surface area (Å²) in [5.74, 6) is -0.980. The molecular formula is C43H50O7. The maximum absolute atomic E-state index is 13.1. The number of esters is 3. The summed E-state index contributed by atoms with van der Waals surface area (Å²) in [6, 6.07) is 18.3. The first-order chi connectivity index (χ1) is 23.8. The number of aliphatic hydroxyl groups is 2. The minimum absolute atomic E-state index is 0.0112. The zero-order chi connectivity index (χ0) is 35.7. The molecule has 2 aliphatic carbocycles. The molecule has 0 fully saturated rings. The van der Waals surface area contributed by atoms with Crippen molar-refractivity contribution >= 4 is 50.2 Å². The van der Waals surface area contributed by atoms with E-state index in [4.69, 9.17) is 9.47 Å². The van der Waals surface area contributed by atoms with Crippen LogP contribution in [0.15, 0.2) is 78.4 Å². The van der Waals surface area contributed by atoms with Crippen LogP contribution in [0.5, 0.6) is 0 Å². The molecule has 0 heterocycles. The second kappa shape index (κ2) is 14.7. The third-order valence-corrected chi connectivity index (χ3v) is 11.3. The quantitative estimate of drug-likeness (QED) is 0.0883. The predicted octanol–water partition coefficient (Wildman–Crippen LogP) is 8.23. The van der Waals surface area contributed by atoms with Crippen LogP contribution < -0.4 is 0 Å². The highest BCUT2D eigenvalue weighted by Crippen LogP contribution is 2.45. The lowest BCUT2D eigenvalue weighted by Crippen LogP contribution is -2.43.